The van der Waals surface area contributed by atoms with E-state index in [0.29, 0.717) is 0 Å². The summed E-state index contributed by atoms with van der Waals surface area (Å²) in [6.45, 7) is 2.09. The lowest BCUT2D eigenvalue weighted by Crippen LogP contribution is -1.90. The molecule has 0 nitrogen and oxygen atoms in total. The van der Waals surface area contributed by atoms with Crippen LogP contribution in [0.4, 0.5) is 4.39 Å². The third-order valence-electron chi connectivity index (χ3n) is 1.43. The first-order chi connectivity index (χ1) is 4.83. The Morgan fingerprint density at radius 1 is 1.50 bits per heavy atom. The maximum absolute atomic E-state index is 12.5. The van der Waals surface area contributed by atoms with Crippen molar-refractivity contribution in [3.05, 3.63) is 35.6 Å². The minimum absolute atomic E-state index is 0.133. The Labute approximate surface area is 61.3 Å². The van der Waals surface area contributed by atoms with Crippen molar-refractivity contribution in [1.82, 2.24) is 0 Å². The molecule has 0 spiro atoms. The summed E-state index contributed by atoms with van der Waals surface area (Å²) in [7, 11) is 1.07. The van der Waals surface area contributed by atoms with Gasteiger partial charge in [0.15, 0.2) is 0 Å². The Balaban J connectivity index is 2.75. The quantitative estimate of drug-likeness (QED) is 0.544. The highest BCUT2D eigenvalue weighted by Gasteiger charge is 1.92. The van der Waals surface area contributed by atoms with Crippen LogP contribution in [-0.4, -0.2) is 7.28 Å². The molecule has 1 rings (SSSR count). The maximum atomic E-state index is 12.5. The lowest BCUT2D eigenvalue weighted by atomic mass is 9.75. The van der Waals surface area contributed by atoms with Gasteiger partial charge in [-0.2, -0.15) is 0 Å². The van der Waals surface area contributed by atoms with Crippen LogP contribution in [0.1, 0.15) is 5.56 Å². The lowest BCUT2D eigenvalue weighted by Gasteiger charge is -1.95. The molecular formula is C8H10BF. The molecule has 0 saturated carbocycles. The van der Waals surface area contributed by atoms with Crippen molar-refractivity contribution in [2.45, 2.75) is 13.1 Å². The van der Waals surface area contributed by atoms with Crippen LogP contribution in [0.25, 0.3) is 0 Å². The number of benzene rings is 1. The molecule has 0 unspecified atom stereocenters. The molecule has 0 heterocycles. The summed E-state index contributed by atoms with van der Waals surface area (Å²) in [4.78, 5) is 0. The fourth-order valence-corrected chi connectivity index (χ4v) is 0.981. The van der Waals surface area contributed by atoms with Crippen molar-refractivity contribution in [1.29, 1.82) is 0 Å². The van der Waals surface area contributed by atoms with E-state index in [1.165, 1.54) is 6.07 Å². The van der Waals surface area contributed by atoms with Crippen LogP contribution in [0, 0.1) is 5.82 Å². The average Bonchev–Trinajstić information content (AvgIpc) is 1.88. The summed E-state index contributed by atoms with van der Waals surface area (Å²) in [5, 5.41) is 0. The summed E-state index contributed by atoms with van der Waals surface area (Å²) in [6.07, 6.45) is 0.970. The number of halogens is 1. The van der Waals surface area contributed by atoms with Crippen molar-refractivity contribution in [2.24, 2.45) is 0 Å². The zero-order valence-electron chi connectivity index (χ0n) is 6.10. The van der Waals surface area contributed by atoms with Crippen LogP contribution in [-0.2, 0) is 6.32 Å². The molecule has 0 aliphatic heterocycles. The van der Waals surface area contributed by atoms with Crippen molar-refractivity contribution in [2.75, 3.05) is 0 Å². The molecular weight excluding hydrogens is 126 g/mol. The summed E-state index contributed by atoms with van der Waals surface area (Å²) in [5.41, 5.74) is 1.09. The van der Waals surface area contributed by atoms with E-state index >= 15 is 0 Å². The van der Waals surface area contributed by atoms with E-state index < -0.39 is 0 Å². The van der Waals surface area contributed by atoms with Gasteiger partial charge in [-0.3, -0.25) is 0 Å². The van der Waals surface area contributed by atoms with Crippen LogP contribution in [0.15, 0.2) is 24.3 Å². The Morgan fingerprint density at radius 2 is 2.30 bits per heavy atom. The third kappa shape index (κ3) is 1.87. The van der Waals surface area contributed by atoms with Gasteiger partial charge in [0.2, 0.25) is 0 Å². The highest BCUT2D eigenvalue weighted by molar-refractivity contribution is 6.32. The van der Waals surface area contributed by atoms with E-state index in [2.05, 4.69) is 6.82 Å². The molecule has 0 N–H and O–H groups in total. The van der Waals surface area contributed by atoms with E-state index in [1.54, 1.807) is 12.1 Å². The second kappa shape index (κ2) is 3.40. The standard InChI is InChI=1S/C8H10BF/c1-9-6-7-3-2-4-8(10)5-7/h2-5,9H,6H2,1H3. The summed E-state index contributed by atoms with van der Waals surface area (Å²) >= 11 is 0. The van der Waals surface area contributed by atoms with Gasteiger partial charge in [-0.25, -0.2) is 4.39 Å². The molecule has 0 aliphatic rings. The Hall–Kier alpha value is -0.785. The molecule has 0 amide bonds. The van der Waals surface area contributed by atoms with Gasteiger partial charge in [0.25, 0.3) is 0 Å². The molecule has 0 bridgehead atoms. The summed E-state index contributed by atoms with van der Waals surface area (Å²) in [5.74, 6) is -0.133. The van der Waals surface area contributed by atoms with E-state index in [9.17, 15) is 4.39 Å². The molecule has 52 valence electrons. The lowest BCUT2D eigenvalue weighted by molar-refractivity contribution is 0.626. The highest BCUT2D eigenvalue weighted by atomic mass is 19.1. The maximum Gasteiger partial charge on any atom is 0.123 e. The normalized spacial score (nSPS) is 9.40. The molecule has 0 atom stereocenters. The van der Waals surface area contributed by atoms with E-state index in [4.69, 9.17) is 0 Å². The minimum Gasteiger partial charge on any atom is -0.207 e. The molecule has 0 fully saturated rings. The molecule has 1 aromatic carbocycles. The van der Waals surface area contributed by atoms with E-state index in [-0.39, 0.29) is 5.82 Å². The van der Waals surface area contributed by atoms with Gasteiger partial charge < -0.3 is 0 Å². The molecule has 2 heteroatoms. The van der Waals surface area contributed by atoms with Gasteiger partial charge >= 0.3 is 0 Å². The fraction of sp³-hybridized carbons (Fsp3) is 0.250. The van der Waals surface area contributed by atoms with Crippen molar-refractivity contribution in [3.8, 4) is 0 Å². The fourth-order valence-electron chi connectivity index (χ4n) is 0.981. The van der Waals surface area contributed by atoms with Crippen LogP contribution < -0.4 is 0 Å². The highest BCUT2D eigenvalue weighted by Crippen LogP contribution is 2.02. The molecule has 0 aromatic heterocycles. The van der Waals surface area contributed by atoms with Gasteiger partial charge in [0.05, 0.1) is 0 Å². The Bertz CT molecular complexity index is 210. The molecule has 0 aliphatic carbocycles. The van der Waals surface area contributed by atoms with E-state index in [0.717, 1.165) is 19.2 Å². The monoisotopic (exact) mass is 136 g/mol. The van der Waals surface area contributed by atoms with Gasteiger partial charge in [-0.05, 0) is 12.1 Å². The summed E-state index contributed by atoms with van der Waals surface area (Å²) in [6, 6.07) is 6.76. The van der Waals surface area contributed by atoms with Crippen LogP contribution in [0.3, 0.4) is 0 Å². The first kappa shape index (κ1) is 7.32. The van der Waals surface area contributed by atoms with E-state index in [1.807, 2.05) is 6.07 Å². The van der Waals surface area contributed by atoms with Crippen LogP contribution in [0.2, 0.25) is 6.82 Å². The largest absolute Gasteiger partial charge is 0.207 e. The Morgan fingerprint density at radius 3 is 2.90 bits per heavy atom. The minimum atomic E-state index is -0.133. The van der Waals surface area contributed by atoms with Gasteiger partial charge in [0, 0.05) is 0 Å². The van der Waals surface area contributed by atoms with Gasteiger partial charge in [-0.1, -0.05) is 30.8 Å². The van der Waals surface area contributed by atoms with Gasteiger partial charge in [-0.15, -0.1) is 0 Å². The molecule has 0 radical (unpaired) electrons. The smallest absolute Gasteiger partial charge is 0.123 e. The zero-order chi connectivity index (χ0) is 7.40. The van der Waals surface area contributed by atoms with Crippen LogP contribution >= 0.6 is 0 Å². The second-order valence-corrected chi connectivity index (χ2v) is 2.38. The predicted octanol–water partition coefficient (Wildman–Crippen LogP) is 1.81. The predicted molar refractivity (Wildman–Crippen MR) is 43.1 cm³/mol. The first-order valence-electron chi connectivity index (χ1n) is 3.57. The molecule has 0 saturated heterocycles. The Kier molecular flexibility index (Phi) is 2.49. The van der Waals surface area contributed by atoms with Crippen molar-refractivity contribution < 1.29 is 4.39 Å². The van der Waals surface area contributed by atoms with Crippen LogP contribution in [0.5, 0.6) is 0 Å². The van der Waals surface area contributed by atoms with Crippen molar-refractivity contribution in [3.63, 3.8) is 0 Å². The summed E-state index contributed by atoms with van der Waals surface area (Å²) < 4.78 is 12.5. The average molecular weight is 136 g/mol. The zero-order valence-corrected chi connectivity index (χ0v) is 6.10. The number of rotatable bonds is 2. The van der Waals surface area contributed by atoms with Gasteiger partial charge in [0.1, 0.15) is 13.1 Å². The third-order valence-corrected chi connectivity index (χ3v) is 1.43. The molecule has 10 heavy (non-hydrogen) atoms. The van der Waals surface area contributed by atoms with Crippen molar-refractivity contribution >= 4 is 7.28 Å². The number of hydrogen-bond acceptors (Lipinski definition) is 0. The second-order valence-electron chi connectivity index (χ2n) is 2.38. The number of hydrogen-bond donors (Lipinski definition) is 0. The topological polar surface area (TPSA) is 0 Å². The first-order valence-corrected chi connectivity index (χ1v) is 3.57. The SMILES string of the molecule is CBCc1cccc(F)c1. The molecule has 1 aromatic rings.